The number of benzene rings is 1. The largest absolute Gasteiger partial charge is 0.312 e. The molecule has 1 aliphatic carbocycles. The highest BCUT2D eigenvalue weighted by atomic mass is 19.2. The lowest BCUT2D eigenvalue weighted by atomic mass is 9.81. The van der Waals surface area contributed by atoms with Crippen molar-refractivity contribution in [1.29, 1.82) is 0 Å². The molecule has 0 aliphatic heterocycles. The van der Waals surface area contributed by atoms with E-state index >= 15 is 0 Å². The molecule has 0 amide bonds. The van der Waals surface area contributed by atoms with Crippen molar-refractivity contribution in [2.45, 2.75) is 45.6 Å². The van der Waals surface area contributed by atoms with Gasteiger partial charge in [-0.1, -0.05) is 26.2 Å². The van der Waals surface area contributed by atoms with Gasteiger partial charge >= 0.3 is 0 Å². The van der Waals surface area contributed by atoms with Crippen LogP contribution in [0.4, 0.5) is 13.2 Å². The van der Waals surface area contributed by atoms with Crippen molar-refractivity contribution in [3.05, 3.63) is 35.1 Å². The molecule has 1 N–H and O–H groups in total. The molecular weight excluding hydrogens is 263 g/mol. The second-order valence-corrected chi connectivity index (χ2v) is 5.80. The Hall–Kier alpha value is -1.03. The van der Waals surface area contributed by atoms with Gasteiger partial charge in [0, 0.05) is 6.54 Å². The molecule has 4 heteroatoms. The first kappa shape index (κ1) is 15.4. The second kappa shape index (κ2) is 7.11. The molecule has 1 aliphatic rings. The molecular formula is C16H22F3N. The summed E-state index contributed by atoms with van der Waals surface area (Å²) in [6.07, 6.45) is 6.26. The van der Waals surface area contributed by atoms with Crippen LogP contribution in [-0.4, -0.2) is 6.54 Å². The van der Waals surface area contributed by atoms with Crippen LogP contribution in [0, 0.1) is 29.3 Å². The van der Waals surface area contributed by atoms with Crippen LogP contribution in [0.5, 0.6) is 0 Å². The van der Waals surface area contributed by atoms with Gasteiger partial charge in [0.2, 0.25) is 0 Å². The first-order valence-electron chi connectivity index (χ1n) is 7.44. The Balaban J connectivity index is 1.76. The fourth-order valence-corrected chi connectivity index (χ4v) is 2.97. The van der Waals surface area contributed by atoms with Crippen molar-refractivity contribution in [3.63, 3.8) is 0 Å². The Labute approximate surface area is 118 Å². The molecule has 0 spiro atoms. The number of hydrogen-bond donors (Lipinski definition) is 1. The summed E-state index contributed by atoms with van der Waals surface area (Å²) in [5.41, 5.74) is 0.448. The molecule has 1 fully saturated rings. The average Bonchev–Trinajstić information content (AvgIpc) is 2.45. The molecule has 0 bridgehead atoms. The Morgan fingerprint density at radius 3 is 2.10 bits per heavy atom. The van der Waals surface area contributed by atoms with Gasteiger partial charge in [-0.25, -0.2) is 13.2 Å². The summed E-state index contributed by atoms with van der Waals surface area (Å²) in [4.78, 5) is 0. The van der Waals surface area contributed by atoms with E-state index in [9.17, 15) is 13.2 Å². The monoisotopic (exact) mass is 285 g/mol. The van der Waals surface area contributed by atoms with Crippen LogP contribution in [0.15, 0.2) is 12.1 Å². The summed E-state index contributed by atoms with van der Waals surface area (Å²) in [5, 5.41) is 3.22. The van der Waals surface area contributed by atoms with E-state index < -0.39 is 17.5 Å². The number of hydrogen-bond acceptors (Lipinski definition) is 1. The van der Waals surface area contributed by atoms with Gasteiger partial charge in [-0.15, -0.1) is 0 Å². The fraction of sp³-hybridized carbons (Fsp3) is 0.625. The first-order chi connectivity index (χ1) is 9.60. The minimum absolute atomic E-state index is 0.377. The molecule has 20 heavy (non-hydrogen) atoms. The maximum Gasteiger partial charge on any atom is 0.194 e. The maximum atomic E-state index is 13.1. The van der Waals surface area contributed by atoms with E-state index in [1.165, 1.54) is 32.1 Å². The van der Waals surface area contributed by atoms with Crippen LogP contribution < -0.4 is 5.32 Å². The molecule has 112 valence electrons. The molecule has 1 saturated carbocycles. The van der Waals surface area contributed by atoms with Crippen LogP contribution in [0.1, 0.15) is 44.6 Å². The summed E-state index contributed by atoms with van der Waals surface area (Å²) < 4.78 is 38.9. The van der Waals surface area contributed by atoms with Crippen LogP contribution in [-0.2, 0) is 6.54 Å². The molecule has 0 saturated heterocycles. The highest BCUT2D eigenvalue weighted by Gasteiger charge is 2.19. The Kier molecular flexibility index (Phi) is 5.46. The maximum absolute atomic E-state index is 13.1. The van der Waals surface area contributed by atoms with Gasteiger partial charge < -0.3 is 5.32 Å². The van der Waals surface area contributed by atoms with Crippen molar-refractivity contribution in [2.24, 2.45) is 11.8 Å². The van der Waals surface area contributed by atoms with Crippen LogP contribution in [0.3, 0.4) is 0 Å². The number of rotatable bonds is 5. The van der Waals surface area contributed by atoms with E-state index in [1.54, 1.807) is 0 Å². The van der Waals surface area contributed by atoms with Crippen molar-refractivity contribution in [2.75, 3.05) is 6.54 Å². The molecule has 1 nitrogen and oxygen atoms in total. The predicted molar refractivity (Wildman–Crippen MR) is 73.8 cm³/mol. The minimum Gasteiger partial charge on any atom is -0.312 e. The SMILES string of the molecule is CCC1CCC(CNCc2cc(F)c(F)c(F)c2)CC1. The summed E-state index contributed by atoms with van der Waals surface area (Å²) >= 11 is 0. The van der Waals surface area contributed by atoms with Gasteiger partial charge in [0.25, 0.3) is 0 Å². The quantitative estimate of drug-likeness (QED) is 0.790. The van der Waals surface area contributed by atoms with Crippen molar-refractivity contribution in [1.82, 2.24) is 5.32 Å². The third-order valence-electron chi connectivity index (χ3n) is 4.35. The Morgan fingerprint density at radius 2 is 1.55 bits per heavy atom. The van der Waals surface area contributed by atoms with E-state index in [0.717, 1.165) is 24.6 Å². The summed E-state index contributed by atoms with van der Waals surface area (Å²) in [6.45, 7) is 3.47. The Bertz CT molecular complexity index is 416. The van der Waals surface area contributed by atoms with Crippen LogP contribution in [0.25, 0.3) is 0 Å². The van der Waals surface area contributed by atoms with E-state index in [2.05, 4.69) is 12.2 Å². The van der Waals surface area contributed by atoms with Gasteiger partial charge in [0.1, 0.15) is 0 Å². The zero-order valence-electron chi connectivity index (χ0n) is 11.9. The van der Waals surface area contributed by atoms with Gasteiger partial charge in [0.15, 0.2) is 17.5 Å². The third kappa shape index (κ3) is 3.98. The lowest BCUT2D eigenvalue weighted by Crippen LogP contribution is -2.26. The Morgan fingerprint density at radius 1 is 1.00 bits per heavy atom. The molecule has 0 unspecified atom stereocenters. The van der Waals surface area contributed by atoms with Gasteiger partial charge in [-0.3, -0.25) is 0 Å². The molecule has 0 radical (unpaired) electrons. The van der Waals surface area contributed by atoms with Crippen LogP contribution >= 0.6 is 0 Å². The fourth-order valence-electron chi connectivity index (χ4n) is 2.97. The van der Waals surface area contributed by atoms with Gasteiger partial charge in [0.05, 0.1) is 0 Å². The topological polar surface area (TPSA) is 12.0 Å². The molecule has 0 aromatic heterocycles. The molecule has 0 atom stereocenters. The molecule has 1 aromatic carbocycles. The van der Waals surface area contributed by atoms with E-state index in [4.69, 9.17) is 0 Å². The van der Waals surface area contributed by atoms with Crippen LogP contribution in [0.2, 0.25) is 0 Å². The van der Waals surface area contributed by atoms with Crippen molar-refractivity contribution in [3.8, 4) is 0 Å². The zero-order valence-corrected chi connectivity index (χ0v) is 11.9. The molecule has 2 rings (SSSR count). The number of nitrogens with one attached hydrogen (secondary N) is 1. The number of halogens is 3. The summed E-state index contributed by atoms with van der Waals surface area (Å²) in [6, 6.07) is 2.11. The highest BCUT2D eigenvalue weighted by Crippen LogP contribution is 2.30. The van der Waals surface area contributed by atoms with Crippen molar-refractivity contribution >= 4 is 0 Å². The summed E-state index contributed by atoms with van der Waals surface area (Å²) in [5.74, 6) is -2.12. The lowest BCUT2D eigenvalue weighted by molar-refractivity contribution is 0.262. The lowest BCUT2D eigenvalue weighted by Gasteiger charge is -2.27. The van der Waals surface area contributed by atoms with Gasteiger partial charge in [-0.05, 0) is 48.9 Å². The normalized spacial score (nSPS) is 23.0. The van der Waals surface area contributed by atoms with Gasteiger partial charge in [-0.2, -0.15) is 0 Å². The first-order valence-corrected chi connectivity index (χ1v) is 7.44. The zero-order chi connectivity index (χ0) is 14.5. The third-order valence-corrected chi connectivity index (χ3v) is 4.35. The molecule has 0 heterocycles. The molecule has 1 aromatic rings. The van der Waals surface area contributed by atoms with E-state index in [1.807, 2.05) is 0 Å². The highest BCUT2D eigenvalue weighted by molar-refractivity contribution is 5.19. The van der Waals surface area contributed by atoms with Crippen molar-refractivity contribution < 1.29 is 13.2 Å². The standard InChI is InChI=1S/C16H22F3N/c1-2-11-3-5-12(6-4-11)9-20-10-13-7-14(17)16(19)15(18)8-13/h7-8,11-12,20H,2-6,9-10H2,1H3. The smallest absolute Gasteiger partial charge is 0.194 e. The van der Waals surface area contributed by atoms with E-state index in [-0.39, 0.29) is 0 Å². The minimum atomic E-state index is -1.40. The van der Waals surface area contributed by atoms with E-state index in [0.29, 0.717) is 18.0 Å². The summed E-state index contributed by atoms with van der Waals surface area (Å²) in [7, 11) is 0. The average molecular weight is 285 g/mol. The predicted octanol–water partition coefficient (Wildman–Crippen LogP) is 4.41. The second-order valence-electron chi connectivity index (χ2n) is 5.80.